The Kier molecular flexibility index (Phi) is 2.39. The van der Waals surface area contributed by atoms with E-state index in [9.17, 15) is 0 Å². The molecule has 0 aromatic rings. The van der Waals surface area contributed by atoms with Gasteiger partial charge in [-0.2, -0.15) is 0 Å². The largest absolute Gasteiger partial charge is 0.370 e. The van der Waals surface area contributed by atoms with E-state index in [0.29, 0.717) is 17.6 Å². The van der Waals surface area contributed by atoms with Crippen molar-refractivity contribution in [2.75, 3.05) is 0 Å². The quantitative estimate of drug-likeness (QED) is 0.578. The lowest BCUT2D eigenvalue weighted by Crippen LogP contribution is -2.52. The highest BCUT2D eigenvalue weighted by Gasteiger charge is 2.62. The van der Waals surface area contributed by atoms with Crippen LogP contribution in [0.4, 0.5) is 0 Å². The first kappa shape index (κ1) is 12.5. The third kappa shape index (κ3) is 1.49. The molecule has 4 saturated carbocycles. The zero-order valence-corrected chi connectivity index (χ0v) is 13.2. The van der Waals surface area contributed by atoms with Crippen LogP contribution in [0.2, 0.25) is 0 Å². The fraction of sp³-hybridized carbons (Fsp3) is 1.00. The number of rotatable bonds is 0. The maximum Gasteiger partial charge on any atom is 0.0847 e. The fourth-order valence-corrected chi connectivity index (χ4v) is 7.51. The van der Waals surface area contributed by atoms with E-state index in [1.165, 1.54) is 44.9 Å². The van der Waals surface area contributed by atoms with Crippen molar-refractivity contribution in [1.82, 2.24) is 0 Å². The molecule has 5 fully saturated rings. The maximum atomic E-state index is 5.92. The second kappa shape index (κ2) is 3.83. The van der Waals surface area contributed by atoms with Gasteiger partial charge in [0, 0.05) is 0 Å². The lowest BCUT2D eigenvalue weighted by atomic mass is 9.45. The van der Waals surface area contributed by atoms with Gasteiger partial charge in [0.05, 0.1) is 12.2 Å². The molecule has 0 amide bonds. The summed E-state index contributed by atoms with van der Waals surface area (Å²) in [6.07, 6.45) is 14.8. The average Bonchev–Trinajstić information content (AvgIpc) is 3.03. The van der Waals surface area contributed by atoms with Gasteiger partial charge < -0.3 is 4.74 Å². The minimum atomic E-state index is 0.629. The molecule has 0 N–H and O–H groups in total. The van der Waals surface area contributed by atoms with Crippen LogP contribution in [0.3, 0.4) is 0 Å². The van der Waals surface area contributed by atoms with Crippen molar-refractivity contribution >= 4 is 0 Å². The topological polar surface area (TPSA) is 12.5 Å². The molecule has 1 nitrogen and oxygen atoms in total. The van der Waals surface area contributed by atoms with Crippen molar-refractivity contribution in [2.24, 2.45) is 34.5 Å². The third-order valence-corrected chi connectivity index (χ3v) is 8.69. The molecule has 0 spiro atoms. The molecule has 1 heteroatoms. The smallest absolute Gasteiger partial charge is 0.0847 e. The highest BCUT2D eigenvalue weighted by molar-refractivity contribution is 5.11. The Morgan fingerprint density at radius 2 is 1.80 bits per heavy atom. The van der Waals surface area contributed by atoms with Crippen LogP contribution in [0.1, 0.15) is 71.6 Å². The van der Waals surface area contributed by atoms with Crippen LogP contribution in [0.25, 0.3) is 0 Å². The molecule has 1 aliphatic heterocycles. The summed E-state index contributed by atoms with van der Waals surface area (Å²) in [7, 11) is 0. The van der Waals surface area contributed by atoms with E-state index in [2.05, 4.69) is 13.8 Å². The fourth-order valence-electron chi connectivity index (χ4n) is 7.51. The molecular formula is C19H30O. The van der Waals surface area contributed by atoms with Gasteiger partial charge in [0.2, 0.25) is 0 Å². The summed E-state index contributed by atoms with van der Waals surface area (Å²) < 4.78 is 5.92. The number of hydrogen-bond donors (Lipinski definition) is 0. The van der Waals surface area contributed by atoms with Gasteiger partial charge in [-0.1, -0.05) is 20.3 Å². The highest BCUT2D eigenvalue weighted by atomic mass is 16.6. The Bertz CT molecular complexity index is 431. The van der Waals surface area contributed by atoms with Crippen LogP contribution >= 0.6 is 0 Å². The van der Waals surface area contributed by atoms with Crippen LogP contribution < -0.4 is 0 Å². The average molecular weight is 274 g/mol. The van der Waals surface area contributed by atoms with Gasteiger partial charge in [-0.3, -0.25) is 0 Å². The van der Waals surface area contributed by atoms with Crippen LogP contribution in [-0.4, -0.2) is 12.2 Å². The van der Waals surface area contributed by atoms with E-state index >= 15 is 0 Å². The second-order valence-electron chi connectivity index (χ2n) is 9.39. The van der Waals surface area contributed by atoms with Crippen LogP contribution in [-0.2, 0) is 4.74 Å². The minimum absolute atomic E-state index is 0.629. The van der Waals surface area contributed by atoms with E-state index in [-0.39, 0.29) is 0 Å². The van der Waals surface area contributed by atoms with Crippen LogP contribution in [0, 0.1) is 34.5 Å². The number of fused-ring (bicyclic) bond motifs is 6. The molecule has 0 radical (unpaired) electrons. The third-order valence-electron chi connectivity index (χ3n) is 8.69. The molecule has 8 atom stereocenters. The molecule has 0 aromatic heterocycles. The Balaban J connectivity index is 1.48. The Hall–Kier alpha value is -0.0400. The normalized spacial score (nSPS) is 63.9. The predicted molar refractivity (Wildman–Crippen MR) is 80.4 cm³/mol. The van der Waals surface area contributed by atoms with Crippen molar-refractivity contribution < 1.29 is 4.74 Å². The molecule has 0 aromatic carbocycles. The summed E-state index contributed by atoms with van der Waals surface area (Å²) in [5, 5.41) is 0. The first-order valence-electron chi connectivity index (χ1n) is 9.26. The van der Waals surface area contributed by atoms with E-state index in [0.717, 1.165) is 29.1 Å². The van der Waals surface area contributed by atoms with Crippen LogP contribution in [0.5, 0.6) is 0 Å². The molecule has 20 heavy (non-hydrogen) atoms. The lowest BCUT2D eigenvalue weighted by Gasteiger charge is -2.59. The van der Waals surface area contributed by atoms with E-state index < -0.39 is 0 Å². The zero-order valence-electron chi connectivity index (χ0n) is 13.2. The molecule has 2 unspecified atom stereocenters. The molecule has 1 heterocycles. The molecule has 4 aliphatic carbocycles. The van der Waals surface area contributed by atoms with Gasteiger partial charge in [0.15, 0.2) is 0 Å². The van der Waals surface area contributed by atoms with Gasteiger partial charge in [-0.15, -0.1) is 0 Å². The van der Waals surface area contributed by atoms with Crippen molar-refractivity contribution in [3.8, 4) is 0 Å². The predicted octanol–water partition coefficient (Wildman–Crippen LogP) is 4.80. The summed E-state index contributed by atoms with van der Waals surface area (Å²) in [5.41, 5.74) is 1.35. The summed E-state index contributed by atoms with van der Waals surface area (Å²) >= 11 is 0. The molecule has 0 bridgehead atoms. The first-order valence-corrected chi connectivity index (χ1v) is 9.26. The maximum absolute atomic E-state index is 5.92. The van der Waals surface area contributed by atoms with Crippen molar-refractivity contribution in [1.29, 1.82) is 0 Å². The molecule has 5 rings (SSSR count). The standard InChI is InChI=1S/C19H30O/c1-18-8-3-4-14(18)13-6-5-12-10-16-17(20-16)11-19(12,2)15(13)7-9-18/h12-17H,3-11H2,1-2H3/t12-,13-,14-,15-,16?,17?,18-,19-/m0/s1. The second-order valence-corrected chi connectivity index (χ2v) is 9.39. The molecule has 112 valence electrons. The van der Waals surface area contributed by atoms with Gasteiger partial charge in [-0.25, -0.2) is 0 Å². The van der Waals surface area contributed by atoms with Gasteiger partial charge in [0.1, 0.15) is 0 Å². The zero-order chi connectivity index (χ0) is 13.5. The Morgan fingerprint density at radius 1 is 0.900 bits per heavy atom. The summed E-state index contributed by atoms with van der Waals surface area (Å²) in [6.45, 7) is 5.28. The highest BCUT2D eigenvalue weighted by Crippen LogP contribution is 2.67. The Morgan fingerprint density at radius 3 is 2.70 bits per heavy atom. The van der Waals surface area contributed by atoms with E-state index in [4.69, 9.17) is 4.74 Å². The van der Waals surface area contributed by atoms with Gasteiger partial charge in [-0.05, 0) is 85.9 Å². The van der Waals surface area contributed by atoms with E-state index in [1.54, 1.807) is 12.8 Å². The lowest BCUT2D eigenvalue weighted by molar-refractivity contribution is -0.0981. The summed E-state index contributed by atoms with van der Waals surface area (Å²) in [6, 6.07) is 0. The van der Waals surface area contributed by atoms with Gasteiger partial charge >= 0.3 is 0 Å². The molecule has 1 saturated heterocycles. The Labute approximate surface area is 123 Å². The number of epoxide rings is 1. The SMILES string of the molecule is C[C@@]12CCC[C@H]1[C@@H]1CC[C@H]3CC4OC4C[C@]3(C)[C@H]1CC2. The number of hydrogen-bond acceptors (Lipinski definition) is 1. The van der Waals surface area contributed by atoms with Gasteiger partial charge in [0.25, 0.3) is 0 Å². The van der Waals surface area contributed by atoms with Crippen molar-refractivity contribution in [2.45, 2.75) is 83.8 Å². The molecule has 5 aliphatic rings. The molecular weight excluding hydrogens is 244 g/mol. The first-order chi connectivity index (χ1) is 9.60. The summed E-state index contributed by atoms with van der Waals surface area (Å²) in [4.78, 5) is 0. The van der Waals surface area contributed by atoms with Crippen molar-refractivity contribution in [3.05, 3.63) is 0 Å². The monoisotopic (exact) mass is 274 g/mol. The van der Waals surface area contributed by atoms with Crippen LogP contribution in [0.15, 0.2) is 0 Å². The summed E-state index contributed by atoms with van der Waals surface area (Å²) in [5.74, 6) is 4.14. The minimum Gasteiger partial charge on any atom is -0.370 e. The van der Waals surface area contributed by atoms with E-state index in [1.807, 2.05) is 0 Å². The van der Waals surface area contributed by atoms with Crippen molar-refractivity contribution in [3.63, 3.8) is 0 Å². The number of ether oxygens (including phenoxy) is 1.